The molecule has 0 heterocycles. The predicted molar refractivity (Wildman–Crippen MR) is 41.2 cm³/mol. The average molecular weight is 135 g/mol. The van der Waals surface area contributed by atoms with Crippen molar-refractivity contribution >= 4 is 11.8 Å². The van der Waals surface area contributed by atoms with Crippen molar-refractivity contribution in [3.05, 3.63) is 42.3 Å². The zero-order valence-corrected chi connectivity index (χ0v) is 5.82. The van der Waals surface area contributed by atoms with Crippen molar-refractivity contribution in [3.63, 3.8) is 0 Å². The summed E-state index contributed by atoms with van der Waals surface area (Å²) in [4.78, 5) is 1.19. The second-order valence-electron chi connectivity index (χ2n) is 1.56. The molecule has 1 aromatic carbocycles. The molecule has 9 heavy (non-hydrogen) atoms. The largest absolute Gasteiger partial charge is 0.0896 e. The number of rotatable bonds is 2. The molecule has 0 saturated heterocycles. The summed E-state index contributed by atoms with van der Waals surface area (Å²) in [5.74, 6) is 0. The number of thioether (sulfide) groups is 1. The lowest BCUT2D eigenvalue weighted by Gasteiger charge is -1.89. The zero-order chi connectivity index (χ0) is 6.53. The smallest absolute Gasteiger partial charge is 0.0184 e. The average Bonchev–Trinajstić information content (AvgIpc) is 1.91. The first-order valence-electron chi connectivity index (χ1n) is 2.67. The molecule has 1 radical (unpaired) electrons. The van der Waals surface area contributed by atoms with Gasteiger partial charge in [-0.2, -0.15) is 0 Å². The van der Waals surface area contributed by atoms with Gasteiger partial charge in [0.2, 0.25) is 0 Å². The zero-order valence-electron chi connectivity index (χ0n) is 5.00. The van der Waals surface area contributed by atoms with Crippen LogP contribution in [-0.2, 0) is 0 Å². The number of benzene rings is 1. The first-order valence-corrected chi connectivity index (χ1v) is 3.49. The Labute approximate surface area is 59.6 Å². The van der Waals surface area contributed by atoms with Gasteiger partial charge in [-0.15, -0.1) is 0 Å². The summed E-state index contributed by atoms with van der Waals surface area (Å²) in [6, 6.07) is 10.1. The van der Waals surface area contributed by atoms with Gasteiger partial charge in [-0.05, 0) is 12.1 Å². The summed E-state index contributed by atoms with van der Waals surface area (Å²) in [6.45, 7) is 3.49. The molecule has 0 bridgehead atoms. The van der Waals surface area contributed by atoms with E-state index in [4.69, 9.17) is 0 Å². The van der Waals surface area contributed by atoms with Gasteiger partial charge >= 0.3 is 0 Å². The Morgan fingerprint density at radius 2 is 1.89 bits per heavy atom. The van der Waals surface area contributed by atoms with Crippen LogP contribution in [0.25, 0.3) is 0 Å². The van der Waals surface area contributed by atoms with Crippen molar-refractivity contribution in [2.24, 2.45) is 0 Å². The summed E-state index contributed by atoms with van der Waals surface area (Å²) in [7, 11) is 0. The first kappa shape index (κ1) is 6.43. The molecule has 0 aromatic heterocycles. The molecule has 0 nitrogen and oxygen atoms in total. The van der Waals surface area contributed by atoms with Gasteiger partial charge in [-0.3, -0.25) is 0 Å². The van der Waals surface area contributed by atoms with Crippen molar-refractivity contribution in [2.75, 3.05) is 0 Å². The highest BCUT2D eigenvalue weighted by Crippen LogP contribution is 2.15. The highest BCUT2D eigenvalue weighted by atomic mass is 32.2. The van der Waals surface area contributed by atoms with Crippen LogP contribution in [-0.4, -0.2) is 0 Å². The molecule has 0 N–H and O–H groups in total. The van der Waals surface area contributed by atoms with Gasteiger partial charge in [-0.25, -0.2) is 0 Å². The lowest BCUT2D eigenvalue weighted by Crippen LogP contribution is -1.62. The summed E-state index contributed by atoms with van der Waals surface area (Å²) in [6.07, 6.45) is 0. The van der Waals surface area contributed by atoms with Crippen LogP contribution in [0.3, 0.4) is 0 Å². The highest BCUT2D eigenvalue weighted by molar-refractivity contribution is 8.00. The van der Waals surface area contributed by atoms with Gasteiger partial charge in [0.05, 0.1) is 0 Å². The van der Waals surface area contributed by atoms with Crippen molar-refractivity contribution in [3.8, 4) is 0 Å². The minimum Gasteiger partial charge on any atom is -0.0896 e. The molecular weight excluding hydrogens is 128 g/mol. The molecule has 0 unspecified atom stereocenters. The molecule has 0 aliphatic rings. The van der Waals surface area contributed by atoms with E-state index >= 15 is 0 Å². The Morgan fingerprint density at radius 1 is 1.22 bits per heavy atom. The van der Waals surface area contributed by atoms with E-state index in [9.17, 15) is 0 Å². The van der Waals surface area contributed by atoms with Crippen LogP contribution in [0.4, 0.5) is 0 Å². The molecule has 0 spiro atoms. The van der Waals surface area contributed by atoms with Crippen LogP contribution in [0.15, 0.2) is 41.8 Å². The van der Waals surface area contributed by atoms with E-state index in [1.165, 1.54) is 16.7 Å². The van der Waals surface area contributed by atoms with Gasteiger partial charge in [0.15, 0.2) is 0 Å². The van der Waals surface area contributed by atoms with Gasteiger partial charge < -0.3 is 0 Å². The Bertz CT molecular complexity index is 179. The van der Waals surface area contributed by atoms with E-state index in [1.54, 1.807) is 0 Å². The van der Waals surface area contributed by atoms with E-state index in [0.29, 0.717) is 0 Å². The summed E-state index contributed by atoms with van der Waals surface area (Å²) < 4.78 is 0. The van der Waals surface area contributed by atoms with Gasteiger partial charge in [-0.1, -0.05) is 36.5 Å². The van der Waals surface area contributed by atoms with Crippen LogP contribution in [0.2, 0.25) is 0 Å². The third kappa shape index (κ3) is 1.94. The highest BCUT2D eigenvalue weighted by Gasteiger charge is 1.83. The molecule has 0 amide bonds. The SMILES string of the molecule is C=[C]Sc1ccccc1. The predicted octanol–water partition coefficient (Wildman–Crippen LogP) is 2.73. The summed E-state index contributed by atoms with van der Waals surface area (Å²) >= 11 is 1.51. The standard InChI is InChI=1S/C8H7S/c1-2-9-8-6-4-3-5-7-8/h3-7H,1H2. The Morgan fingerprint density at radius 3 is 2.44 bits per heavy atom. The molecule has 0 atom stereocenters. The third-order valence-electron chi connectivity index (χ3n) is 0.933. The molecule has 45 valence electrons. The molecule has 0 aliphatic heterocycles. The van der Waals surface area contributed by atoms with Crippen LogP contribution in [0, 0.1) is 5.41 Å². The van der Waals surface area contributed by atoms with E-state index in [1.807, 2.05) is 30.3 Å². The molecular formula is C8H7S. The first-order chi connectivity index (χ1) is 4.43. The lowest BCUT2D eigenvalue weighted by atomic mass is 10.4. The Hall–Kier alpha value is -0.690. The third-order valence-corrected chi connectivity index (χ3v) is 1.59. The van der Waals surface area contributed by atoms with E-state index in [-0.39, 0.29) is 0 Å². The fourth-order valence-electron chi connectivity index (χ4n) is 0.572. The van der Waals surface area contributed by atoms with Crippen LogP contribution in [0.1, 0.15) is 0 Å². The second-order valence-corrected chi connectivity index (χ2v) is 2.52. The minimum atomic E-state index is 1.19. The van der Waals surface area contributed by atoms with Crippen LogP contribution in [0.5, 0.6) is 0 Å². The molecule has 0 fully saturated rings. The normalized spacial score (nSPS) is 8.89. The van der Waals surface area contributed by atoms with Crippen molar-refractivity contribution in [1.82, 2.24) is 0 Å². The number of hydrogen-bond acceptors (Lipinski definition) is 1. The van der Waals surface area contributed by atoms with Gasteiger partial charge in [0.25, 0.3) is 0 Å². The summed E-state index contributed by atoms with van der Waals surface area (Å²) in [5.41, 5.74) is 0. The number of hydrogen-bond donors (Lipinski definition) is 0. The van der Waals surface area contributed by atoms with Crippen molar-refractivity contribution < 1.29 is 0 Å². The van der Waals surface area contributed by atoms with Crippen LogP contribution >= 0.6 is 11.8 Å². The minimum absolute atomic E-state index is 1.19. The monoisotopic (exact) mass is 135 g/mol. The fourth-order valence-corrected chi connectivity index (χ4v) is 1.03. The Balaban J connectivity index is 2.72. The maximum absolute atomic E-state index is 3.49. The molecule has 0 aliphatic carbocycles. The van der Waals surface area contributed by atoms with E-state index in [2.05, 4.69) is 12.0 Å². The second kappa shape index (κ2) is 3.36. The van der Waals surface area contributed by atoms with Crippen molar-refractivity contribution in [1.29, 1.82) is 0 Å². The van der Waals surface area contributed by atoms with E-state index in [0.717, 1.165) is 0 Å². The maximum Gasteiger partial charge on any atom is 0.0184 e. The molecule has 1 aromatic rings. The van der Waals surface area contributed by atoms with Crippen molar-refractivity contribution in [2.45, 2.75) is 4.90 Å². The topological polar surface area (TPSA) is 0 Å². The fraction of sp³-hybridized carbons (Fsp3) is 0. The van der Waals surface area contributed by atoms with E-state index < -0.39 is 0 Å². The quantitative estimate of drug-likeness (QED) is 0.562. The lowest BCUT2D eigenvalue weighted by molar-refractivity contribution is 1.47. The molecule has 1 heteroatoms. The summed E-state index contributed by atoms with van der Waals surface area (Å²) in [5, 5.41) is 2.75. The van der Waals surface area contributed by atoms with Gasteiger partial charge in [0.1, 0.15) is 0 Å². The molecule has 1 rings (SSSR count). The molecule has 0 saturated carbocycles. The van der Waals surface area contributed by atoms with Crippen LogP contribution < -0.4 is 0 Å². The van der Waals surface area contributed by atoms with Gasteiger partial charge in [0, 0.05) is 10.3 Å². The maximum atomic E-state index is 3.49. The Kier molecular flexibility index (Phi) is 2.40.